The fourth-order valence-electron chi connectivity index (χ4n) is 2.89. The maximum atomic E-state index is 12.2. The number of hydrogen-bond donors (Lipinski definition) is 0. The number of carbonyl (C=O) groups is 1. The van der Waals surface area contributed by atoms with Crippen molar-refractivity contribution in [1.82, 2.24) is 4.90 Å². The molecule has 0 unspecified atom stereocenters. The molecule has 0 saturated carbocycles. The van der Waals surface area contributed by atoms with Gasteiger partial charge in [0.1, 0.15) is 11.4 Å². The van der Waals surface area contributed by atoms with Gasteiger partial charge in [0, 0.05) is 18.5 Å². The molecule has 2 aliphatic rings. The maximum absolute atomic E-state index is 12.2. The number of ether oxygens (including phenoxy) is 1. The zero-order valence-corrected chi connectivity index (χ0v) is 12.3. The van der Waals surface area contributed by atoms with Gasteiger partial charge in [-0.05, 0) is 51.0 Å². The lowest BCUT2D eigenvalue weighted by Gasteiger charge is -2.37. The first-order valence-corrected chi connectivity index (χ1v) is 7.27. The maximum Gasteiger partial charge on any atom is 0.226 e. The summed E-state index contributed by atoms with van der Waals surface area (Å²) < 4.78 is 5.95. The fraction of sp³-hybridized carbons (Fsp3) is 0.412. The molecule has 1 amide bonds. The van der Waals surface area contributed by atoms with Gasteiger partial charge in [0.05, 0.1) is 17.3 Å². The molecule has 1 aromatic carbocycles. The molecule has 0 radical (unpaired) electrons. The molecule has 0 aliphatic carbocycles. The van der Waals surface area contributed by atoms with Gasteiger partial charge in [-0.2, -0.15) is 5.26 Å². The standard InChI is InChI=1S/C17H18N2O2/c1-17(2)10-14(19-8-4-3-5-16(19)20)13-7-6-12(11-18)9-15(13)21-17/h6-7,9-10H,3-5,8H2,1-2H3. The van der Waals surface area contributed by atoms with Gasteiger partial charge < -0.3 is 9.64 Å². The van der Waals surface area contributed by atoms with E-state index in [1.807, 2.05) is 30.9 Å². The van der Waals surface area contributed by atoms with E-state index in [2.05, 4.69) is 6.07 Å². The van der Waals surface area contributed by atoms with Crippen molar-refractivity contribution in [1.29, 1.82) is 5.26 Å². The normalized spacial score (nSPS) is 20.1. The predicted octanol–water partition coefficient (Wildman–Crippen LogP) is 3.08. The molecule has 21 heavy (non-hydrogen) atoms. The number of carbonyl (C=O) groups excluding carboxylic acids is 1. The van der Waals surface area contributed by atoms with Crippen molar-refractivity contribution in [2.75, 3.05) is 6.54 Å². The minimum absolute atomic E-state index is 0.167. The Kier molecular flexibility index (Phi) is 3.21. The number of hydrogen-bond acceptors (Lipinski definition) is 3. The second kappa shape index (κ2) is 4.92. The van der Waals surface area contributed by atoms with Crippen LogP contribution in [0.5, 0.6) is 5.75 Å². The van der Waals surface area contributed by atoms with E-state index in [0.717, 1.165) is 30.6 Å². The molecule has 1 aromatic rings. The molecule has 2 aliphatic heterocycles. The van der Waals surface area contributed by atoms with Crippen molar-refractivity contribution in [2.45, 2.75) is 38.7 Å². The predicted molar refractivity (Wildman–Crippen MR) is 79.4 cm³/mol. The van der Waals surface area contributed by atoms with Crippen LogP contribution in [0.4, 0.5) is 0 Å². The molecular weight excluding hydrogens is 264 g/mol. The first-order chi connectivity index (χ1) is 10.00. The van der Waals surface area contributed by atoms with Gasteiger partial charge in [0.2, 0.25) is 5.91 Å². The van der Waals surface area contributed by atoms with E-state index in [1.54, 1.807) is 12.1 Å². The highest BCUT2D eigenvalue weighted by Crippen LogP contribution is 2.39. The van der Waals surface area contributed by atoms with Gasteiger partial charge >= 0.3 is 0 Å². The van der Waals surface area contributed by atoms with Crippen molar-refractivity contribution in [3.05, 3.63) is 35.4 Å². The van der Waals surface area contributed by atoms with Crippen LogP contribution >= 0.6 is 0 Å². The monoisotopic (exact) mass is 282 g/mol. The molecule has 0 bridgehead atoms. The topological polar surface area (TPSA) is 53.3 Å². The third-order valence-corrected chi connectivity index (χ3v) is 3.86. The van der Waals surface area contributed by atoms with E-state index < -0.39 is 5.60 Å². The fourth-order valence-corrected chi connectivity index (χ4v) is 2.89. The smallest absolute Gasteiger partial charge is 0.226 e. The Hall–Kier alpha value is -2.28. The van der Waals surface area contributed by atoms with E-state index in [9.17, 15) is 4.79 Å². The van der Waals surface area contributed by atoms with Crippen LogP contribution < -0.4 is 4.74 Å². The van der Waals surface area contributed by atoms with Gasteiger partial charge in [0.15, 0.2) is 0 Å². The summed E-state index contributed by atoms with van der Waals surface area (Å²) in [5.41, 5.74) is 1.88. The van der Waals surface area contributed by atoms with Crippen molar-refractivity contribution in [3.8, 4) is 11.8 Å². The quantitative estimate of drug-likeness (QED) is 0.795. The van der Waals surface area contributed by atoms with Gasteiger partial charge in [0.25, 0.3) is 0 Å². The third kappa shape index (κ3) is 2.52. The lowest BCUT2D eigenvalue weighted by atomic mass is 9.96. The van der Waals surface area contributed by atoms with E-state index in [4.69, 9.17) is 10.00 Å². The Labute approximate surface area is 124 Å². The molecule has 0 aromatic heterocycles. The first-order valence-electron chi connectivity index (χ1n) is 7.27. The minimum atomic E-state index is -0.492. The summed E-state index contributed by atoms with van der Waals surface area (Å²) in [6.07, 6.45) is 4.59. The van der Waals surface area contributed by atoms with Crippen molar-refractivity contribution in [2.24, 2.45) is 0 Å². The average molecular weight is 282 g/mol. The summed E-state index contributed by atoms with van der Waals surface area (Å²) >= 11 is 0. The molecule has 0 N–H and O–H groups in total. The van der Waals surface area contributed by atoms with Crippen LogP contribution in [0.15, 0.2) is 24.3 Å². The Balaban J connectivity index is 2.09. The minimum Gasteiger partial charge on any atom is -0.483 e. The van der Waals surface area contributed by atoms with E-state index in [-0.39, 0.29) is 5.91 Å². The number of fused-ring (bicyclic) bond motifs is 1. The van der Waals surface area contributed by atoms with Crippen LogP contribution in [0.2, 0.25) is 0 Å². The van der Waals surface area contributed by atoms with E-state index in [0.29, 0.717) is 17.7 Å². The number of nitriles is 1. The van der Waals surface area contributed by atoms with Crippen LogP contribution in [0.1, 0.15) is 44.2 Å². The van der Waals surface area contributed by atoms with Gasteiger partial charge in [-0.15, -0.1) is 0 Å². The van der Waals surface area contributed by atoms with Gasteiger partial charge in [-0.25, -0.2) is 0 Å². The summed E-state index contributed by atoms with van der Waals surface area (Å²) in [5, 5.41) is 9.04. The molecule has 1 saturated heterocycles. The van der Waals surface area contributed by atoms with Crippen molar-refractivity contribution >= 4 is 11.6 Å². The SMILES string of the molecule is CC1(C)C=C(N2CCCCC2=O)c2ccc(C#N)cc2O1. The molecule has 4 nitrogen and oxygen atoms in total. The van der Waals surface area contributed by atoms with Crippen LogP contribution in [-0.4, -0.2) is 23.0 Å². The lowest BCUT2D eigenvalue weighted by molar-refractivity contribution is -0.129. The van der Waals surface area contributed by atoms with Crippen molar-refractivity contribution in [3.63, 3.8) is 0 Å². The lowest BCUT2D eigenvalue weighted by Crippen LogP contribution is -2.38. The van der Waals surface area contributed by atoms with Gasteiger partial charge in [-0.1, -0.05) is 0 Å². The number of amides is 1. The molecule has 0 spiro atoms. The highest BCUT2D eigenvalue weighted by atomic mass is 16.5. The molecule has 108 valence electrons. The Morgan fingerprint density at radius 3 is 2.86 bits per heavy atom. The van der Waals surface area contributed by atoms with Crippen LogP contribution in [0, 0.1) is 11.3 Å². The Bertz CT molecular complexity index is 668. The molecule has 0 atom stereocenters. The second-order valence-electron chi connectivity index (χ2n) is 6.06. The van der Waals surface area contributed by atoms with E-state index in [1.165, 1.54) is 0 Å². The zero-order valence-electron chi connectivity index (χ0n) is 12.3. The third-order valence-electron chi connectivity index (χ3n) is 3.86. The average Bonchev–Trinajstić information content (AvgIpc) is 2.45. The van der Waals surface area contributed by atoms with Crippen molar-refractivity contribution < 1.29 is 9.53 Å². The largest absolute Gasteiger partial charge is 0.483 e. The molecule has 3 rings (SSSR count). The number of likely N-dealkylation sites (tertiary alicyclic amines) is 1. The van der Waals surface area contributed by atoms with E-state index >= 15 is 0 Å². The summed E-state index contributed by atoms with van der Waals surface area (Å²) in [7, 11) is 0. The zero-order chi connectivity index (χ0) is 15.0. The number of piperidine rings is 1. The summed E-state index contributed by atoms with van der Waals surface area (Å²) in [4.78, 5) is 14.1. The second-order valence-corrected chi connectivity index (χ2v) is 6.06. The highest BCUT2D eigenvalue weighted by Gasteiger charge is 2.32. The number of rotatable bonds is 1. The molecular formula is C17H18N2O2. The van der Waals surface area contributed by atoms with Crippen LogP contribution in [0.25, 0.3) is 5.70 Å². The molecule has 4 heteroatoms. The summed E-state index contributed by atoms with van der Waals surface area (Å²) in [6.45, 7) is 4.67. The molecule has 1 fully saturated rings. The highest BCUT2D eigenvalue weighted by molar-refractivity contribution is 5.89. The number of nitrogens with zero attached hydrogens (tertiary/aromatic N) is 2. The number of benzene rings is 1. The summed E-state index contributed by atoms with van der Waals surface area (Å²) in [6, 6.07) is 7.51. The Morgan fingerprint density at radius 1 is 1.33 bits per heavy atom. The Morgan fingerprint density at radius 2 is 2.14 bits per heavy atom. The summed E-state index contributed by atoms with van der Waals surface area (Å²) in [5.74, 6) is 0.843. The van der Waals surface area contributed by atoms with Crippen LogP contribution in [0.3, 0.4) is 0 Å². The van der Waals surface area contributed by atoms with Gasteiger partial charge in [-0.3, -0.25) is 4.79 Å². The first kappa shape index (κ1) is 13.7. The van der Waals surface area contributed by atoms with Crippen LogP contribution in [-0.2, 0) is 4.79 Å². The molecule has 2 heterocycles.